The summed E-state index contributed by atoms with van der Waals surface area (Å²) in [6.45, 7) is 20.4. The highest BCUT2D eigenvalue weighted by Gasteiger charge is 2.29. The van der Waals surface area contributed by atoms with E-state index in [1.165, 1.54) is 84.9 Å². The molecule has 0 bridgehead atoms. The number of carbonyl (C=O) groups is 7. The van der Waals surface area contributed by atoms with Crippen molar-refractivity contribution in [3.63, 3.8) is 0 Å². The first-order chi connectivity index (χ1) is 42.9. The maximum absolute atomic E-state index is 11.9. The van der Waals surface area contributed by atoms with Crippen LogP contribution in [0.3, 0.4) is 0 Å². The van der Waals surface area contributed by atoms with Gasteiger partial charge in [-0.05, 0) is 112 Å². The predicted molar refractivity (Wildman–Crippen MR) is 343 cm³/mol. The number of Topliss-reactive ketones (excluding diaryl/α,β-unsaturated/α-hetero) is 2. The lowest BCUT2D eigenvalue weighted by Crippen LogP contribution is -2.45. The van der Waals surface area contributed by atoms with Gasteiger partial charge in [0.25, 0.3) is 34.3 Å². The highest BCUT2D eigenvalue weighted by Crippen LogP contribution is 2.19. The molecule has 4 rings (SSSR count). The van der Waals surface area contributed by atoms with E-state index in [0.29, 0.717) is 45.7 Å². The molecule has 0 aliphatic rings. The number of ether oxygens (including phenoxy) is 4. The molecule has 34 heteroatoms. The van der Waals surface area contributed by atoms with E-state index in [2.05, 4.69) is 46.8 Å². The minimum absolute atomic E-state index is 0.00737. The van der Waals surface area contributed by atoms with Crippen LogP contribution in [0.2, 0.25) is 0 Å². The lowest BCUT2D eigenvalue weighted by Gasteiger charge is -2.24. The van der Waals surface area contributed by atoms with E-state index in [0.717, 1.165) is 5.56 Å². The van der Waals surface area contributed by atoms with Gasteiger partial charge >= 0.3 is 42.8 Å². The molecule has 0 aliphatic heterocycles. The molecule has 0 spiro atoms. The lowest BCUT2D eigenvalue weighted by atomic mass is 10.0. The highest BCUT2D eigenvalue weighted by atomic mass is 79.9. The molecule has 4 amide bonds. The maximum Gasteiger partial charge on any atom is 0.408 e. The van der Waals surface area contributed by atoms with Crippen molar-refractivity contribution < 1.29 is 86.9 Å². The summed E-state index contributed by atoms with van der Waals surface area (Å²) in [5, 5.41) is 61.9. The zero-order chi connectivity index (χ0) is 71.2. The SMILES string of the molecule is CC(C)(C)OC(=O)N[C@@H](Cc1ccc([N+](=O)[O-])cc1)C(=O)C=[N+]=[N-].CC(C)(C)OC(=O)N[C@@H](Cc1ccc([N+](=O)[O-])cc1)C(=O)C=[N+]=[N-].CC(C)(C)OC(=O)N[C@@H](Cc1ccc([N+](=O)[O-])cc1)C(=O)O.CC(C)(C)OC(=O)N[C@@H](Cc1ccc([N+](=O)[O-])cc1)C(=S)CBr. The Labute approximate surface area is 547 Å². The van der Waals surface area contributed by atoms with Gasteiger partial charge in [-0.2, -0.15) is 9.58 Å². The van der Waals surface area contributed by atoms with Crippen LogP contribution < -0.4 is 21.3 Å². The minimum atomic E-state index is -1.22. The molecule has 0 heterocycles. The van der Waals surface area contributed by atoms with Gasteiger partial charge < -0.3 is 56.4 Å². The van der Waals surface area contributed by atoms with Gasteiger partial charge in [0, 0.05) is 78.0 Å². The smallest absolute Gasteiger partial charge is 0.408 e. The second-order valence-electron chi connectivity index (χ2n) is 23.5. The van der Waals surface area contributed by atoms with Gasteiger partial charge in [-0.25, -0.2) is 24.0 Å². The molecule has 4 aromatic carbocycles. The van der Waals surface area contributed by atoms with Crippen molar-refractivity contribution in [3.8, 4) is 0 Å². The Morgan fingerprint density at radius 3 is 0.849 bits per heavy atom. The third-order valence-electron chi connectivity index (χ3n) is 11.0. The fourth-order valence-electron chi connectivity index (χ4n) is 7.03. The van der Waals surface area contributed by atoms with Gasteiger partial charge in [0.1, 0.15) is 40.5 Å². The van der Waals surface area contributed by atoms with Gasteiger partial charge in [0.2, 0.25) is 0 Å². The summed E-state index contributed by atoms with van der Waals surface area (Å²) in [4.78, 5) is 129. The van der Waals surface area contributed by atoms with Crippen molar-refractivity contribution in [2.45, 2.75) is 155 Å². The molecule has 0 aliphatic carbocycles. The number of hydrogen-bond donors (Lipinski definition) is 5. The Kier molecular flexibility index (Phi) is 32.8. The molecule has 0 saturated carbocycles. The summed E-state index contributed by atoms with van der Waals surface area (Å²) in [5.41, 5.74) is 16.5. The summed E-state index contributed by atoms with van der Waals surface area (Å²) in [6, 6.07) is 19.1. The minimum Gasteiger partial charge on any atom is -0.480 e. The number of aliphatic carboxylic acids is 1. The van der Waals surface area contributed by atoms with Gasteiger partial charge in [-0.15, -0.1) is 0 Å². The van der Waals surface area contributed by atoms with Crippen molar-refractivity contribution in [3.05, 3.63) is 171 Å². The van der Waals surface area contributed by atoms with E-state index < -0.39 is 108 Å². The van der Waals surface area contributed by atoms with Crippen molar-refractivity contribution in [2.75, 3.05) is 5.33 Å². The van der Waals surface area contributed by atoms with Crippen molar-refractivity contribution in [2.24, 2.45) is 0 Å². The molecular formula is C59H73BrN12O20S. The second-order valence-corrected chi connectivity index (χ2v) is 24.6. The molecular weight excluding hydrogens is 1310 g/mol. The number of benzene rings is 4. The Morgan fingerprint density at radius 1 is 0.452 bits per heavy atom. The van der Waals surface area contributed by atoms with Crippen molar-refractivity contribution in [1.29, 1.82) is 0 Å². The number of carboxylic acid groups (broad SMARTS) is 1. The van der Waals surface area contributed by atoms with E-state index in [4.69, 9.17) is 47.3 Å². The van der Waals surface area contributed by atoms with Gasteiger partial charge in [0.05, 0.1) is 25.7 Å². The van der Waals surface area contributed by atoms with E-state index in [9.17, 15) is 74.0 Å². The third kappa shape index (κ3) is 35.0. The number of nitro groups is 4. The highest BCUT2D eigenvalue weighted by molar-refractivity contribution is 9.09. The standard InChI is InChI=1S/C15H19BrN2O4S.2C15H18N4O5.C14H18N2O6/c1-15(2,3)22-14(19)17-12(13(23)9-16)8-10-4-6-11(7-5-10)18(20)21;2*1-15(2,3)24-14(21)18-12(13(20)9-17-16)8-10-4-6-11(7-5-10)19(22)23;1-14(2,3)22-13(19)15-11(12(17)18)8-9-4-6-10(7-5-9)16(20)21/h4-7,12H,8-9H2,1-3H3,(H,17,19);2*4-7,9,12H,8H2,1-3H3,(H,18,21);4-7,11H,8H2,1-3H3,(H,15,19)(H,17,18)/t3*12-;11-/m0000/s1. The molecule has 0 radical (unpaired) electrons. The first-order valence-corrected chi connectivity index (χ1v) is 29.1. The summed E-state index contributed by atoms with van der Waals surface area (Å²) in [6.07, 6.45) is -1.09. The molecule has 502 valence electrons. The number of rotatable bonds is 23. The zero-order valence-corrected chi connectivity index (χ0v) is 55.2. The van der Waals surface area contributed by atoms with E-state index in [-0.39, 0.29) is 42.0 Å². The van der Waals surface area contributed by atoms with E-state index in [1.807, 2.05) is 0 Å². The topological polar surface area (TPSA) is 470 Å². The average molecular weight is 1380 g/mol. The number of thiocarbonyl (C=S) groups is 1. The van der Waals surface area contributed by atoms with Crippen molar-refractivity contribution in [1.82, 2.24) is 21.3 Å². The number of nitrogens with one attached hydrogen (secondary N) is 4. The largest absolute Gasteiger partial charge is 0.480 e. The molecule has 4 aromatic rings. The Balaban J connectivity index is 0.000000620. The Morgan fingerprint density at radius 2 is 0.656 bits per heavy atom. The fourth-order valence-corrected chi connectivity index (χ4v) is 7.57. The molecule has 0 unspecified atom stereocenters. The van der Waals surface area contributed by atoms with Crippen LogP contribution >= 0.6 is 28.1 Å². The average Bonchev–Trinajstić information content (AvgIpc) is 2.05. The molecule has 0 saturated heterocycles. The molecule has 93 heavy (non-hydrogen) atoms. The first kappa shape index (κ1) is 80.7. The number of nitro benzene ring substituents is 4. The number of alkyl carbamates (subject to hydrolysis) is 4. The van der Waals surface area contributed by atoms with E-state index in [1.54, 1.807) is 95.2 Å². The van der Waals surface area contributed by atoms with Crippen LogP contribution in [0.15, 0.2) is 97.1 Å². The number of non-ortho nitro benzene ring substituents is 4. The number of alkyl halides is 1. The van der Waals surface area contributed by atoms with Gasteiger partial charge in [-0.3, -0.25) is 50.0 Å². The summed E-state index contributed by atoms with van der Waals surface area (Å²) >= 11 is 8.57. The number of hydrogen-bond acceptors (Lipinski definition) is 20. The number of carbonyl (C=O) groups excluding carboxylic acids is 6. The third-order valence-corrected chi connectivity index (χ3v) is 12.4. The monoisotopic (exact) mass is 1380 g/mol. The molecule has 0 fully saturated rings. The molecule has 0 aromatic heterocycles. The molecule has 5 N–H and O–H groups in total. The van der Waals surface area contributed by atoms with Crippen LogP contribution in [-0.2, 0) is 59.0 Å². The summed E-state index contributed by atoms with van der Waals surface area (Å²) < 4.78 is 20.4. The van der Waals surface area contributed by atoms with Gasteiger partial charge in [0.15, 0.2) is 0 Å². The number of amides is 4. The predicted octanol–water partition coefficient (Wildman–Crippen LogP) is 9.71. The van der Waals surface area contributed by atoms with E-state index >= 15 is 0 Å². The number of carboxylic acids is 1. The second kappa shape index (κ2) is 37.8. The number of nitrogens with zero attached hydrogens (tertiary/aromatic N) is 8. The van der Waals surface area contributed by atoms with Crippen LogP contribution in [0.1, 0.15) is 105 Å². The molecule has 32 nitrogen and oxygen atoms in total. The zero-order valence-electron chi connectivity index (χ0n) is 52.8. The van der Waals surface area contributed by atoms with Gasteiger partial charge in [-0.1, -0.05) is 76.7 Å². The first-order valence-electron chi connectivity index (χ1n) is 27.6. The van der Waals surface area contributed by atoms with Crippen LogP contribution in [0, 0.1) is 40.5 Å². The lowest BCUT2D eigenvalue weighted by molar-refractivity contribution is -0.385. The normalized spacial score (nSPS) is 12.1. The van der Waals surface area contributed by atoms with Crippen molar-refractivity contribution >= 4 is 110 Å². The Bertz CT molecular complexity index is 3270. The summed E-state index contributed by atoms with van der Waals surface area (Å²) in [7, 11) is 0. The van der Waals surface area contributed by atoms with Crippen LogP contribution in [0.25, 0.3) is 11.1 Å². The van der Waals surface area contributed by atoms with Crippen LogP contribution in [0.4, 0.5) is 41.9 Å². The van der Waals surface area contributed by atoms with Crippen LogP contribution in [0.5, 0.6) is 0 Å². The number of ketones is 2. The Hall–Kier alpha value is -10.3. The summed E-state index contributed by atoms with van der Waals surface area (Å²) in [5.74, 6) is -2.49. The van der Waals surface area contributed by atoms with Crippen LogP contribution in [-0.4, -0.2) is 145 Å². The maximum atomic E-state index is 11.9. The fraction of sp³-hybridized carbons (Fsp3) is 0.424. The quantitative estimate of drug-likeness (QED) is 0.00673. The molecule has 4 atom stereocenters. The number of halogens is 1.